The molecule has 4 aliphatic heterocycles. The quantitative estimate of drug-likeness (QED) is 0.00510. The van der Waals surface area contributed by atoms with Crippen LogP contribution < -0.4 is 64.0 Å². The van der Waals surface area contributed by atoms with E-state index in [4.69, 9.17) is 108 Å². The van der Waals surface area contributed by atoms with Crippen molar-refractivity contribution in [3.8, 4) is 23.0 Å². The minimum absolute atomic E-state index is 0.0460. The maximum atomic E-state index is 12.2. The zero-order chi connectivity index (χ0) is 89.1. The second-order valence-corrected chi connectivity index (χ2v) is 50.4. The van der Waals surface area contributed by atoms with Gasteiger partial charge in [-0.2, -0.15) is 0 Å². The number of anilines is 4. The van der Waals surface area contributed by atoms with E-state index in [1.54, 1.807) is 44.6 Å². The maximum Gasteiger partial charge on any atom is 0.335 e. The number of ether oxygens (including phenoxy) is 10. The zero-order valence-electron chi connectivity index (χ0n) is 73.2. The van der Waals surface area contributed by atoms with Crippen LogP contribution in [0.2, 0.25) is 44.3 Å². The second-order valence-electron chi connectivity index (χ2n) is 32.7. The number of nitrogen functional groups attached to an aromatic ring is 2. The molecule has 668 valence electrons. The largest absolute Gasteiger partial charge is 0.494 e. The summed E-state index contributed by atoms with van der Waals surface area (Å²) in [6, 6.07) is 11.1. The molecule has 34 nitrogen and oxygen atoms in total. The summed E-state index contributed by atoms with van der Waals surface area (Å²) in [6.45, 7) is 36.7. The van der Waals surface area contributed by atoms with Crippen LogP contribution in [0.15, 0.2) is 72.8 Å². The van der Waals surface area contributed by atoms with Crippen molar-refractivity contribution in [2.75, 3.05) is 103 Å². The number of hydrogen-bond acceptors (Lipinski definition) is 28. The standard InChI is InChI=1S/C41H63N5O14Si2.C41H67N5O10Si2/c1-24(2)61(25(3)4)57-23-35-37(59-62(60-61,26(5)6)27(7)8)38(41(54-10)58-35)56-18-14-17-55-33-21-28(39(42)47)19-31(45(49)50)30(33)15-12-11-13-16-44-36-32(46(51)52)20-29(40(43)48)22-34(36)53-9;1-24(2)57(25(3)4)53-23-35-37(55-58(56-57,26(5)6)27(7)8)38(41(50-10)54-35)52-18-14-17-51-33-21-28(39(44)47)19-31(42)30(33)15-12-11-13-16-46-36-32(43)20-29(40(45)48)22-34(36)49-9/h11,13,19-22,24-27,35,37-38,41,44H,12,14-18,23H2,1-10H3,(H2,42,47)(H2,43,48);11,13,19-22,24-27,35,37-38,41,46H,12,14-18,23,42-43H2,1-10H3,(H2,44,47)(H2,45,48)/b2*13-11+/t2*35-,37-,38-,41-/m11/s1. The molecule has 120 heavy (non-hydrogen) atoms. The first-order chi connectivity index (χ1) is 56.7. The van der Waals surface area contributed by atoms with Crippen LogP contribution in [0, 0.1) is 20.2 Å². The summed E-state index contributed by atoms with van der Waals surface area (Å²) in [5.41, 5.74) is 37.7. The normalized spacial score (nSPS) is 21.3. The molecule has 0 radical (unpaired) electrons. The minimum Gasteiger partial charge on any atom is -0.494 e. The van der Waals surface area contributed by atoms with Gasteiger partial charge in [0.2, 0.25) is 23.6 Å². The first-order valence-corrected chi connectivity index (χ1v) is 49.0. The van der Waals surface area contributed by atoms with E-state index in [1.807, 2.05) is 12.2 Å². The summed E-state index contributed by atoms with van der Waals surface area (Å²) < 4.78 is 103. The van der Waals surface area contributed by atoms with E-state index >= 15 is 0 Å². The van der Waals surface area contributed by atoms with Crippen LogP contribution in [-0.4, -0.2) is 198 Å². The van der Waals surface area contributed by atoms with Gasteiger partial charge < -0.3 is 118 Å². The van der Waals surface area contributed by atoms with Gasteiger partial charge in [-0.25, -0.2) is 0 Å². The van der Waals surface area contributed by atoms with Gasteiger partial charge >= 0.3 is 34.2 Å². The molecule has 4 fully saturated rings. The third kappa shape index (κ3) is 23.4. The maximum absolute atomic E-state index is 12.2. The number of allylic oxidation sites excluding steroid dienone is 2. The van der Waals surface area contributed by atoms with Crippen LogP contribution in [-0.2, 0) is 67.2 Å². The highest BCUT2D eigenvalue weighted by Crippen LogP contribution is 2.51. The van der Waals surface area contributed by atoms with E-state index in [0.29, 0.717) is 80.4 Å². The number of carbonyl (C=O) groups excluding carboxylic acids is 4. The molecule has 4 aromatic carbocycles. The number of nitro groups is 2. The van der Waals surface area contributed by atoms with Crippen molar-refractivity contribution in [3.63, 3.8) is 0 Å². The number of carbonyl (C=O) groups is 4. The molecule has 0 spiro atoms. The fraction of sp³-hybridized carbons (Fsp3) is 0.610. The SMILES string of the molecule is COc1cc(C(N)=O)cc(N)c1NC/C=C/CCc1c(N)cc(C(N)=O)cc1OCCCO[C@H]1[C@H](OC)O[C@@H]2CO[Si](C(C)C)(C(C)C)O[Si](C(C)C)(C(C)C)O[C@@H]12.COc1cc(C(N)=O)cc([N+](=O)[O-])c1NC/C=C/CCc1c(OCCCO[C@H]2[C@H](OC)O[C@@H]3CO[Si](C(C)C)(C(C)C)O[Si](C(C)C)(C(C)C)O[C@@H]23)cc(C(N)=O)cc1[N+](=O)[O-]. The third-order valence-corrected chi connectivity index (χ3v) is 42.7. The fourth-order valence-corrected chi connectivity index (χ4v) is 38.3. The number of benzene rings is 4. The lowest BCUT2D eigenvalue weighted by atomic mass is 10.0. The molecule has 4 heterocycles. The number of hydrogen-bond donors (Lipinski definition) is 8. The molecule has 0 saturated carbocycles. The van der Waals surface area contributed by atoms with E-state index < -0.39 is 117 Å². The van der Waals surface area contributed by atoms with Crippen molar-refractivity contribution in [1.29, 1.82) is 0 Å². The van der Waals surface area contributed by atoms with Gasteiger partial charge in [0.1, 0.15) is 65.3 Å². The smallest absolute Gasteiger partial charge is 0.335 e. The van der Waals surface area contributed by atoms with Crippen molar-refractivity contribution in [1.82, 2.24) is 0 Å². The molecule has 8 rings (SSSR count). The molecule has 0 bridgehead atoms. The molecular weight excluding hydrogens is 1620 g/mol. The van der Waals surface area contributed by atoms with E-state index in [2.05, 4.69) is 121 Å². The molecule has 8 atom stereocenters. The Morgan fingerprint density at radius 3 is 1.17 bits per heavy atom. The van der Waals surface area contributed by atoms with Gasteiger partial charge in [-0.15, -0.1) is 0 Å². The van der Waals surface area contributed by atoms with Crippen LogP contribution in [0.4, 0.5) is 34.1 Å². The highest BCUT2D eigenvalue weighted by Gasteiger charge is 2.64. The van der Waals surface area contributed by atoms with Crippen LogP contribution >= 0.6 is 0 Å². The van der Waals surface area contributed by atoms with E-state index in [9.17, 15) is 39.4 Å². The van der Waals surface area contributed by atoms with Crippen molar-refractivity contribution >= 4 is 92.0 Å². The lowest BCUT2D eigenvalue weighted by Gasteiger charge is -2.51. The van der Waals surface area contributed by atoms with E-state index in [1.165, 1.54) is 32.4 Å². The number of nitrogens with one attached hydrogen (secondary N) is 2. The molecule has 4 aromatic rings. The first kappa shape index (κ1) is 98.9. The van der Waals surface area contributed by atoms with Crippen LogP contribution in [0.5, 0.6) is 23.0 Å². The Kier molecular flexibility index (Phi) is 36.5. The van der Waals surface area contributed by atoms with Crippen LogP contribution in [0.1, 0.15) is 189 Å². The second kappa shape index (κ2) is 44.2. The van der Waals surface area contributed by atoms with Crippen molar-refractivity contribution in [3.05, 3.63) is 126 Å². The minimum atomic E-state index is -2.98. The Hall–Kier alpha value is -8.17. The number of amides is 4. The summed E-state index contributed by atoms with van der Waals surface area (Å²) in [5.74, 6) is -1.83. The summed E-state index contributed by atoms with van der Waals surface area (Å²) in [6.07, 6.45) is 5.46. The Bertz CT molecular complexity index is 4180. The molecule has 0 aliphatic carbocycles. The number of nitrogens with zero attached hydrogens (tertiary/aromatic N) is 2. The lowest BCUT2D eigenvalue weighted by molar-refractivity contribution is -0.385. The number of fused-ring (bicyclic) bond motifs is 2. The highest BCUT2D eigenvalue weighted by atomic mass is 28.5. The predicted octanol–water partition coefficient (Wildman–Crippen LogP) is 12.9. The van der Waals surface area contributed by atoms with Gasteiger partial charge in [-0.1, -0.05) is 135 Å². The first-order valence-electron chi connectivity index (χ1n) is 41.1. The average molecular weight is 1750 g/mol. The van der Waals surface area contributed by atoms with E-state index in [-0.39, 0.29) is 141 Å². The molecule has 4 aliphatic rings. The number of primary amides is 4. The average Bonchev–Trinajstić information content (AvgIpc) is 1.53. The fourth-order valence-electron chi connectivity index (χ4n) is 15.9. The molecule has 4 amide bonds. The summed E-state index contributed by atoms with van der Waals surface area (Å²) in [4.78, 5) is 70.4. The number of nitro benzene ring substituents is 2. The van der Waals surface area contributed by atoms with Gasteiger partial charge in [0.05, 0.1) is 75.0 Å². The van der Waals surface area contributed by atoms with Crippen molar-refractivity contribution in [2.24, 2.45) is 22.9 Å². The molecule has 0 unspecified atom stereocenters. The highest BCUT2D eigenvalue weighted by molar-refractivity contribution is 6.84. The van der Waals surface area contributed by atoms with Crippen molar-refractivity contribution in [2.45, 2.75) is 243 Å². The zero-order valence-corrected chi connectivity index (χ0v) is 77.2. The van der Waals surface area contributed by atoms with Gasteiger partial charge in [-0.3, -0.25) is 39.4 Å². The van der Waals surface area contributed by atoms with Crippen LogP contribution in [0.25, 0.3) is 0 Å². The monoisotopic (exact) mass is 1750 g/mol. The Labute approximate surface area is 709 Å². The van der Waals surface area contributed by atoms with Crippen molar-refractivity contribution < 1.29 is 102 Å². The Balaban J connectivity index is 0.000000331. The number of rotatable bonds is 42. The summed E-state index contributed by atoms with van der Waals surface area (Å²) in [5, 5.41) is 30.1. The van der Waals surface area contributed by atoms with Crippen LogP contribution in [0.3, 0.4) is 0 Å². The topological polar surface area (TPSA) is 482 Å². The van der Waals surface area contributed by atoms with E-state index in [0.717, 1.165) is 17.7 Å². The number of methoxy groups -OCH3 is 4. The molecule has 0 aromatic heterocycles. The lowest BCUT2D eigenvalue weighted by Crippen LogP contribution is -2.66. The summed E-state index contributed by atoms with van der Waals surface area (Å²) >= 11 is 0. The molecule has 38 heteroatoms. The number of nitrogens with two attached hydrogens (primary N) is 6. The Morgan fingerprint density at radius 1 is 0.458 bits per heavy atom. The molecular formula is C82H130N10O24Si4. The molecule has 4 saturated heterocycles. The molecule has 14 N–H and O–H groups in total. The van der Waals surface area contributed by atoms with Gasteiger partial charge in [0, 0.05) is 85.8 Å². The predicted molar refractivity (Wildman–Crippen MR) is 466 cm³/mol. The van der Waals surface area contributed by atoms with Gasteiger partial charge in [-0.05, 0) is 106 Å². The Morgan fingerprint density at radius 2 is 0.800 bits per heavy atom. The summed E-state index contributed by atoms with van der Waals surface area (Å²) in [7, 11) is -5.45. The third-order valence-electron chi connectivity index (χ3n) is 22.2. The van der Waals surface area contributed by atoms with Gasteiger partial charge in [0.15, 0.2) is 18.3 Å². The van der Waals surface area contributed by atoms with Gasteiger partial charge in [0.25, 0.3) is 11.4 Å².